The average molecular weight is 453 g/mol. The van der Waals surface area contributed by atoms with Crippen LogP contribution in [-0.4, -0.2) is 51.7 Å². The summed E-state index contributed by atoms with van der Waals surface area (Å²) < 4.78 is 0. The molecule has 1 amide bonds. The maximum absolute atomic E-state index is 12.7. The molecule has 6 atom stereocenters. The van der Waals surface area contributed by atoms with Gasteiger partial charge in [-0.1, -0.05) is 24.3 Å². The molecule has 33 heavy (non-hydrogen) atoms. The molecular formula is C26H32N2O5. The summed E-state index contributed by atoms with van der Waals surface area (Å²) in [6.07, 6.45) is 14.6. The van der Waals surface area contributed by atoms with E-state index in [9.17, 15) is 24.9 Å². The molecule has 176 valence electrons. The van der Waals surface area contributed by atoms with E-state index in [0.717, 1.165) is 25.2 Å². The zero-order valence-corrected chi connectivity index (χ0v) is 18.7. The topological polar surface area (TPSA) is 110 Å². The number of carbonyl (C=O) groups is 2. The van der Waals surface area contributed by atoms with Gasteiger partial charge < -0.3 is 25.5 Å². The minimum Gasteiger partial charge on any atom is -0.506 e. The van der Waals surface area contributed by atoms with Crippen molar-refractivity contribution in [2.45, 2.75) is 32.1 Å². The summed E-state index contributed by atoms with van der Waals surface area (Å²) in [7, 11) is 0. The predicted octanol–water partition coefficient (Wildman–Crippen LogP) is 3.85. The summed E-state index contributed by atoms with van der Waals surface area (Å²) in [6.45, 7) is 2.57. The van der Waals surface area contributed by atoms with E-state index < -0.39 is 11.7 Å². The van der Waals surface area contributed by atoms with Crippen molar-refractivity contribution in [3.63, 3.8) is 0 Å². The lowest BCUT2D eigenvalue weighted by atomic mass is 9.90. The SMILES string of the molecule is O=C(CCN(CC1C[C@@H]2C=C[C@H]1C2)CC1C[C@@H]2C=C[C@H]1C2)Nc1c(O)ccc(C(=O)O)c1O. The fourth-order valence-corrected chi connectivity index (χ4v) is 6.47. The van der Waals surface area contributed by atoms with Gasteiger partial charge in [0.15, 0.2) is 5.75 Å². The van der Waals surface area contributed by atoms with Gasteiger partial charge in [-0.15, -0.1) is 0 Å². The first-order valence-electron chi connectivity index (χ1n) is 12.0. The third-order valence-electron chi connectivity index (χ3n) is 8.12. The molecule has 0 saturated heterocycles. The molecule has 0 aromatic heterocycles. The van der Waals surface area contributed by atoms with Crippen LogP contribution in [0.2, 0.25) is 0 Å². The lowest BCUT2D eigenvalue weighted by Crippen LogP contribution is -2.38. The highest BCUT2D eigenvalue weighted by Gasteiger charge is 2.39. The van der Waals surface area contributed by atoms with Crippen molar-refractivity contribution in [1.29, 1.82) is 0 Å². The predicted molar refractivity (Wildman–Crippen MR) is 124 cm³/mol. The number of phenols is 2. The Hall–Kier alpha value is -2.80. The van der Waals surface area contributed by atoms with Crippen LogP contribution in [0.15, 0.2) is 36.4 Å². The molecule has 0 spiro atoms. The molecule has 2 saturated carbocycles. The number of carbonyl (C=O) groups excluding carboxylic acids is 1. The Morgan fingerprint density at radius 1 is 0.909 bits per heavy atom. The van der Waals surface area contributed by atoms with Gasteiger partial charge in [0.25, 0.3) is 0 Å². The van der Waals surface area contributed by atoms with E-state index in [-0.39, 0.29) is 29.3 Å². The van der Waals surface area contributed by atoms with Crippen molar-refractivity contribution in [2.24, 2.45) is 35.5 Å². The summed E-state index contributed by atoms with van der Waals surface area (Å²) in [5, 5.41) is 31.9. The summed E-state index contributed by atoms with van der Waals surface area (Å²) >= 11 is 0. The number of phenolic OH excluding ortho intramolecular Hbond substituents is 1. The van der Waals surface area contributed by atoms with E-state index in [1.807, 2.05) is 0 Å². The molecule has 2 unspecified atom stereocenters. The highest BCUT2D eigenvalue weighted by Crippen LogP contribution is 2.46. The third-order valence-corrected chi connectivity index (χ3v) is 8.12. The van der Waals surface area contributed by atoms with Crippen LogP contribution in [0, 0.1) is 35.5 Å². The van der Waals surface area contributed by atoms with E-state index in [2.05, 4.69) is 34.5 Å². The van der Waals surface area contributed by atoms with Gasteiger partial charge >= 0.3 is 5.97 Å². The minimum absolute atomic E-state index is 0.212. The Morgan fingerprint density at radius 3 is 2.00 bits per heavy atom. The minimum atomic E-state index is -1.33. The van der Waals surface area contributed by atoms with Crippen molar-refractivity contribution in [3.05, 3.63) is 42.0 Å². The maximum Gasteiger partial charge on any atom is 0.339 e. The molecule has 1 aromatic rings. The van der Waals surface area contributed by atoms with Crippen LogP contribution in [0.1, 0.15) is 42.5 Å². The number of carboxylic acid groups (broad SMARTS) is 1. The van der Waals surface area contributed by atoms with Gasteiger partial charge in [-0.2, -0.15) is 0 Å². The summed E-state index contributed by atoms with van der Waals surface area (Å²) in [6, 6.07) is 2.27. The van der Waals surface area contributed by atoms with Crippen LogP contribution in [0.3, 0.4) is 0 Å². The second-order valence-corrected chi connectivity index (χ2v) is 10.3. The number of fused-ring (bicyclic) bond motifs is 4. The lowest BCUT2D eigenvalue weighted by Gasteiger charge is -2.32. The number of rotatable bonds is 9. The summed E-state index contributed by atoms with van der Waals surface area (Å²) in [5.41, 5.74) is -0.610. The van der Waals surface area contributed by atoms with Gasteiger partial charge in [-0.3, -0.25) is 4.79 Å². The Labute approximate surface area is 193 Å². The van der Waals surface area contributed by atoms with Gasteiger partial charge in [0.2, 0.25) is 5.91 Å². The van der Waals surface area contributed by atoms with Crippen molar-refractivity contribution in [1.82, 2.24) is 4.90 Å². The summed E-state index contributed by atoms with van der Waals surface area (Å²) in [4.78, 5) is 26.4. The normalized spacial score (nSPS) is 31.1. The molecule has 7 nitrogen and oxygen atoms in total. The molecule has 4 aliphatic rings. The Kier molecular flexibility index (Phi) is 5.91. The number of allylic oxidation sites excluding steroid dienone is 4. The Bertz CT molecular complexity index is 967. The van der Waals surface area contributed by atoms with Crippen LogP contribution in [0.5, 0.6) is 11.5 Å². The molecule has 7 heteroatoms. The largest absolute Gasteiger partial charge is 0.506 e. The molecule has 2 fully saturated rings. The van der Waals surface area contributed by atoms with E-state index in [4.69, 9.17) is 0 Å². The third kappa shape index (κ3) is 4.51. The molecule has 4 bridgehead atoms. The zero-order chi connectivity index (χ0) is 23.1. The van der Waals surface area contributed by atoms with E-state index >= 15 is 0 Å². The maximum atomic E-state index is 12.7. The second-order valence-electron chi connectivity index (χ2n) is 10.3. The number of aromatic hydroxyl groups is 2. The number of aromatic carboxylic acids is 1. The molecule has 0 aliphatic heterocycles. The highest BCUT2D eigenvalue weighted by atomic mass is 16.4. The van der Waals surface area contributed by atoms with Crippen LogP contribution >= 0.6 is 0 Å². The number of nitrogens with one attached hydrogen (secondary N) is 1. The second kappa shape index (κ2) is 8.86. The molecule has 4 aliphatic carbocycles. The first-order valence-corrected chi connectivity index (χ1v) is 12.0. The fourth-order valence-electron chi connectivity index (χ4n) is 6.47. The molecule has 5 rings (SSSR count). The average Bonchev–Trinajstić information content (AvgIpc) is 3.56. The van der Waals surface area contributed by atoms with Gasteiger partial charge in [0, 0.05) is 26.1 Å². The highest BCUT2D eigenvalue weighted by molar-refractivity contribution is 5.99. The number of benzene rings is 1. The van der Waals surface area contributed by atoms with Gasteiger partial charge in [0.05, 0.1) is 0 Å². The number of hydrogen-bond acceptors (Lipinski definition) is 5. The fraction of sp³-hybridized carbons (Fsp3) is 0.538. The van der Waals surface area contributed by atoms with Gasteiger partial charge in [0.1, 0.15) is 17.0 Å². The van der Waals surface area contributed by atoms with Gasteiger partial charge in [-0.25, -0.2) is 4.79 Å². The van der Waals surface area contributed by atoms with Crippen LogP contribution < -0.4 is 5.32 Å². The molecule has 0 heterocycles. The van der Waals surface area contributed by atoms with Crippen molar-refractivity contribution < 1.29 is 24.9 Å². The first-order chi connectivity index (χ1) is 15.9. The number of carboxylic acids is 1. The van der Waals surface area contributed by atoms with Crippen LogP contribution in [0.4, 0.5) is 5.69 Å². The summed E-state index contributed by atoms with van der Waals surface area (Å²) in [5.74, 6) is 1.34. The smallest absolute Gasteiger partial charge is 0.339 e. The number of nitrogens with zero attached hydrogens (tertiary/aromatic N) is 1. The lowest BCUT2D eigenvalue weighted by molar-refractivity contribution is -0.116. The number of anilines is 1. The van der Waals surface area contributed by atoms with E-state index in [1.54, 1.807) is 0 Å². The molecular weight excluding hydrogens is 420 g/mol. The van der Waals surface area contributed by atoms with E-state index in [0.29, 0.717) is 42.1 Å². The number of hydrogen-bond donors (Lipinski definition) is 4. The van der Waals surface area contributed by atoms with E-state index in [1.165, 1.54) is 25.7 Å². The van der Waals surface area contributed by atoms with Crippen molar-refractivity contribution >= 4 is 17.6 Å². The van der Waals surface area contributed by atoms with Gasteiger partial charge in [-0.05, 0) is 73.3 Å². The van der Waals surface area contributed by atoms with Crippen molar-refractivity contribution in [3.8, 4) is 11.5 Å². The molecule has 4 N–H and O–H groups in total. The molecule has 1 aromatic carbocycles. The Balaban J connectivity index is 1.23. The standard InChI is InChI=1S/C26H32N2O5/c29-22-6-5-21(26(32)33)25(31)24(22)27-23(30)7-8-28(13-19-11-15-1-3-17(19)9-15)14-20-12-16-2-4-18(20)10-16/h1-6,15-20,29,31H,7-14H2,(H,27,30)(H,32,33)/t15-,16-,17+,18+,19?,20?/m1/s1. The van der Waals surface area contributed by atoms with Crippen LogP contribution in [-0.2, 0) is 4.79 Å². The Morgan fingerprint density at radius 2 is 1.52 bits per heavy atom. The quantitative estimate of drug-likeness (QED) is 0.335. The van der Waals surface area contributed by atoms with Crippen LogP contribution in [0.25, 0.3) is 0 Å². The zero-order valence-electron chi connectivity index (χ0n) is 18.7. The molecule has 0 radical (unpaired) electrons. The van der Waals surface area contributed by atoms with Crippen molar-refractivity contribution in [2.75, 3.05) is 25.0 Å². The first kappa shape index (κ1) is 22.0. The number of amides is 1. The monoisotopic (exact) mass is 452 g/mol.